The Kier molecular flexibility index (Phi) is 6.44. The molecule has 2 aliphatic heterocycles. The number of aryl methyl sites for hydroxylation is 1. The Morgan fingerprint density at radius 1 is 0.966 bits per heavy atom. The molecule has 1 aromatic carbocycles. The van der Waals surface area contributed by atoms with Crippen molar-refractivity contribution in [3.8, 4) is 0 Å². The topological polar surface area (TPSA) is 67.7 Å². The first-order chi connectivity index (χ1) is 14.2. The Labute approximate surface area is 171 Å². The van der Waals surface area contributed by atoms with Gasteiger partial charge in [0.05, 0.1) is 30.6 Å². The number of piperidine rings is 1. The number of hydrogen-bond acceptors (Lipinski definition) is 4. The zero-order chi connectivity index (χ0) is 20.1. The van der Waals surface area contributed by atoms with E-state index in [1.54, 1.807) is 0 Å². The van der Waals surface area contributed by atoms with Crippen molar-refractivity contribution < 1.29 is 14.3 Å². The smallest absolute Gasteiger partial charge is 0.224 e. The number of aromatic nitrogens is 2. The highest BCUT2D eigenvalue weighted by atomic mass is 16.5. The molecule has 2 aliphatic rings. The molecule has 156 valence electrons. The minimum Gasteiger partial charge on any atom is -0.378 e. The van der Waals surface area contributed by atoms with Crippen LogP contribution in [0.5, 0.6) is 0 Å². The van der Waals surface area contributed by atoms with Crippen LogP contribution in [0, 0.1) is 5.92 Å². The summed E-state index contributed by atoms with van der Waals surface area (Å²) in [6.45, 7) is 5.02. The Balaban J connectivity index is 1.18. The fourth-order valence-electron chi connectivity index (χ4n) is 4.33. The standard InChI is InChI=1S/C22H30N4O3/c27-21(25-13-15-29-16-14-25)6-5-18-7-10-24(11-8-18)22(28)9-12-26-17-23-19-3-1-2-4-20(19)26/h1-4,17-18H,5-16H2. The van der Waals surface area contributed by atoms with Crippen molar-refractivity contribution >= 4 is 22.8 Å². The highest BCUT2D eigenvalue weighted by Gasteiger charge is 2.24. The zero-order valence-corrected chi connectivity index (χ0v) is 17.0. The van der Waals surface area contributed by atoms with Gasteiger partial charge in [-0.05, 0) is 37.3 Å². The molecule has 0 N–H and O–H groups in total. The van der Waals surface area contributed by atoms with Gasteiger partial charge in [0.25, 0.3) is 0 Å². The second kappa shape index (κ2) is 9.39. The molecule has 7 nitrogen and oxygen atoms in total. The Morgan fingerprint density at radius 2 is 1.66 bits per heavy atom. The number of para-hydroxylation sites is 2. The summed E-state index contributed by atoms with van der Waals surface area (Å²) in [6, 6.07) is 8.00. The van der Waals surface area contributed by atoms with Crippen molar-refractivity contribution in [1.29, 1.82) is 0 Å². The molecule has 0 radical (unpaired) electrons. The van der Waals surface area contributed by atoms with E-state index in [4.69, 9.17) is 4.74 Å². The molecule has 7 heteroatoms. The summed E-state index contributed by atoms with van der Waals surface area (Å²) in [6.07, 6.45) is 5.86. The Morgan fingerprint density at radius 3 is 2.45 bits per heavy atom. The van der Waals surface area contributed by atoms with Gasteiger partial charge in [-0.25, -0.2) is 4.98 Å². The lowest BCUT2D eigenvalue weighted by atomic mass is 9.91. The van der Waals surface area contributed by atoms with Gasteiger partial charge >= 0.3 is 0 Å². The summed E-state index contributed by atoms with van der Waals surface area (Å²) in [4.78, 5) is 33.2. The van der Waals surface area contributed by atoms with Crippen LogP contribution < -0.4 is 0 Å². The number of amides is 2. The average Bonchev–Trinajstić information content (AvgIpc) is 3.20. The normalized spacial score (nSPS) is 18.3. The number of likely N-dealkylation sites (tertiary alicyclic amines) is 1. The highest BCUT2D eigenvalue weighted by Crippen LogP contribution is 2.23. The lowest BCUT2D eigenvalue weighted by Gasteiger charge is -2.33. The molecule has 2 fully saturated rings. The molecule has 3 heterocycles. The Bertz CT molecular complexity index is 835. The summed E-state index contributed by atoms with van der Waals surface area (Å²) >= 11 is 0. The van der Waals surface area contributed by atoms with E-state index in [2.05, 4.69) is 9.55 Å². The number of ether oxygens (including phenoxy) is 1. The summed E-state index contributed by atoms with van der Waals surface area (Å²) in [5.74, 6) is 1.01. The summed E-state index contributed by atoms with van der Waals surface area (Å²) in [5, 5.41) is 0. The van der Waals surface area contributed by atoms with Crippen LogP contribution >= 0.6 is 0 Å². The first-order valence-corrected chi connectivity index (χ1v) is 10.7. The molecular formula is C22H30N4O3. The number of carbonyl (C=O) groups is 2. The number of hydrogen-bond donors (Lipinski definition) is 0. The minimum atomic E-state index is 0.214. The van der Waals surface area contributed by atoms with Gasteiger partial charge in [0, 0.05) is 45.6 Å². The van der Waals surface area contributed by atoms with Gasteiger partial charge < -0.3 is 19.1 Å². The SMILES string of the molecule is O=C(CCC1CCN(C(=O)CCn2cnc3ccccc32)CC1)N1CCOCC1. The molecule has 0 spiro atoms. The molecule has 0 atom stereocenters. The summed E-state index contributed by atoms with van der Waals surface area (Å²) < 4.78 is 7.36. The van der Waals surface area contributed by atoms with Crippen LogP contribution in [-0.2, 0) is 20.9 Å². The molecule has 0 unspecified atom stereocenters. The van der Waals surface area contributed by atoms with Crippen LogP contribution in [-0.4, -0.2) is 70.6 Å². The number of morpholine rings is 1. The van der Waals surface area contributed by atoms with E-state index < -0.39 is 0 Å². The number of nitrogens with zero attached hydrogens (tertiary/aromatic N) is 4. The minimum absolute atomic E-state index is 0.214. The number of imidazole rings is 1. The summed E-state index contributed by atoms with van der Waals surface area (Å²) in [7, 11) is 0. The van der Waals surface area contributed by atoms with Crippen LogP contribution in [0.25, 0.3) is 11.0 Å². The third-order valence-corrected chi connectivity index (χ3v) is 6.19. The van der Waals surface area contributed by atoms with E-state index in [1.165, 1.54) is 0 Å². The molecule has 0 saturated carbocycles. The fourth-order valence-corrected chi connectivity index (χ4v) is 4.33. The van der Waals surface area contributed by atoms with E-state index >= 15 is 0 Å². The predicted molar refractivity (Wildman–Crippen MR) is 110 cm³/mol. The molecule has 2 aromatic rings. The maximum absolute atomic E-state index is 12.6. The van der Waals surface area contributed by atoms with Gasteiger partial charge in [-0.1, -0.05) is 12.1 Å². The molecule has 0 aliphatic carbocycles. The third-order valence-electron chi connectivity index (χ3n) is 6.19. The van der Waals surface area contributed by atoms with Gasteiger partial charge in [0.15, 0.2) is 0 Å². The summed E-state index contributed by atoms with van der Waals surface area (Å²) in [5.41, 5.74) is 2.04. The van der Waals surface area contributed by atoms with Gasteiger partial charge in [-0.3, -0.25) is 9.59 Å². The van der Waals surface area contributed by atoms with Crippen LogP contribution in [0.1, 0.15) is 32.1 Å². The van der Waals surface area contributed by atoms with Crippen LogP contribution in [0.15, 0.2) is 30.6 Å². The largest absolute Gasteiger partial charge is 0.378 e. The van der Waals surface area contributed by atoms with Gasteiger partial charge in [0.1, 0.15) is 0 Å². The van der Waals surface area contributed by atoms with Crippen molar-refractivity contribution in [2.24, 2.45) is 5.92 Å². The van der Waals surface area contributed by atoms with Crippen molar-refractivity contribution in [3.05, 3.63) is 30.6 Å². The van der Waals surface area contributed by atoms with Gasteiger partial charge in [0.2, 0.25) is 11.8 Å². The van der Waals surface area contributed by atoms with Gasteiger partial charge in [-0.15, -0.1) is 0 Å². The molecule has 0 bridgehead atoms. The lowest BCUT2D eigenvalue weighted by molar-refractivity contribution is -0.136. The van der Waals surface area contributed by atoms with E-state index in [1.807, 2.05) is 40.4 Å². The lowest BCUT2D eigenvalue weighted by Crippen LogP contribution is -2.41. The van der Waals surface area contributed by atoms with E-state index in [0.29, 0.717) is 38.5 Å². The predicted octanol–water partition coefficient (Wildman–Crippen LogP) is 2.30. The molecular weight excluding hydrogens is 368 g/mol. The van der Waals surface area contributed by atoms with Crippen molar-refractivity contribution in [1.82, 2.24) is 19.4 Å². The van der Waals surface area contributed by atoms with Crippen molar-refractivity contribution in [2.45, 2.75) is 38.6 Å². The first-order valence-electron chi connectivity index (χ1n) is 10.7. The quantitative estimate of drug-likeness (QED) is 0.749. The second-order valence-corrected chi connectivity index (χ2v) is 8.03. The molecule has 2 saturated heterocycles. The molecule has 2 amide bonds. The van der Waals surface area contributed by atoms with Crippen LogP contribution in [0.2, 0.25) is 0 Å². The number of fused-ring (bicyclic) bond motifs is 1. The molecule has 29 heavy (non-hydrogen) atoms. The molecule has 1 aromatic heterocycles. The Hall–Kier alpha value is -2.41. The van der Waals surface area contributed by atoms with E-state index in [9.17, 15) is 9.59 Å². The number of carbonyl (C=O) groups excluding carboxylic acids is 2. The maximum Gasteiger partial charge on any atom is 0.224 e. The van der Waals surface area contributed by atoms with Crippen LogP contribution in [0.3, 0.4) is 0 Å². The van der Waals surface area contributed by atoms with Crippen molar-refractivity contribution in [2.75, 3.05) is 39.4 Å². The van der Waals surface area contributed by atoms with E-state index in [-0.39, 0.29) is 11.8 Å². The van der Waals surface area contributed by atoms with Gasteiger partial charge in [-0.2, -0.15) is 0 Å². The maximum atomic E-state index is 12.6. The number of rotatable bonds is 6. The highest BCUT2D eigenvalue weighted by molar-refractivity contribution is 5.78. The average molecular weight is 399 g/mol. The number of benzene rings is 1. The van der Waals surface area contributed by atoms with E-state index in [0.717, 1.165) is 56.5 Å². The molecule has 4 rings (SSSR count). The van der Waals surface area contributed by atoms with Crippen LogP contribution in [0.4, 0.5) is 0 Å². The second-order valence-electron chi connectivity index (χ2n) is 8.03. The first kappa shape index (κ1) is 19.9. The van der Waals surface area contributed by atoms with Crippen molar-refractivity contribution in [3.63, 3.8) is 0 Å². The third kappa shape index (κ3) is 4.96. The monoisotopic (exact) mass is 398 g/mol. The zero-order valence-electron chi connectivity index (χ0n) is 17.0. The fraction of sp³-hybridized carbons (Fsp3) is 0.591.